The number of hydrogen-bond acceptors (Lipinski definition) is 1. The molecule has 0 aliphatic rings. The fraction of sp³-hybridized carbons (Fsp3) is 0.0625. The van der Waals surface area contributed by atoms with Crippen molar-refractivity contribution < 1.29 is 4.79 Å². The Balaban J connectivity index is 2.05. The van der Waals surface area contributed by atoms with Crippen LogP contribution in [0.15, 0.2) is 48.7 Å². The highest BCUT2D eigenvalue weighted by Gasteiger charge is 2.08. The predicted molar refractivity (Wildman–Crippen MR) is 82.9 cm³/mol. The first-order chi connectivity index (χ1) is 9.69. The largest absolute Gasteiger partial charge is 0.343 e. The standard InChI is InChI=1S/C16H11Cl2NO/c17-14-2-1-3-15(18)13(14)9-19-7-6-12-8-11(10-20)4-5-16(12)19/h1-8,10H,9H2. The number of nitrogens with zero attached hydrogens (tertiary/aromatic N) is 1. The topological polar surface area (TPSA) is 22.0 Å². The second-order valence-electron chi connectivity index (χ2n) is 4.58. The molecule has 1 heterocycles. The molecule has 20 heavy (non-hydrogen) atoms. The first-order valence-corrected chi connectivity index (χ1v) is 6.91. The average molecular weight is 304 g/mol. The van der Waals surface area contributed by atoms with Gasteiger partial charge in [0, 0.05) is 38.3 Å². The van der Waals surface area contributed by atoms with Gasteiger partial charge in [-0.1, -0.05) is 29.3 Å². The zero-order chi connectivity index (χ0) is 14.1. The molecule has 0 bridgehead atoms. The van der Waals surface area contributed by atoms with Crippen molar-refractivity contribution in [2.75, 3.05) is 0 Å². The summed E-state index contributed by atoms with van der Waals surface area (Å²) >= 11 is 12.4. The van der Waals surface area contributed by atoms with Crippen LogP contribution in [-0.4, -0.2) is 10.9 Å². The van der Waals surface area contributed by atoms with E-state index < -0.39 is 0 Å². The molecule has 2 aromatic carbocycles. The van der Waals surface area contributed by atoms with Crippen LogP contribution in [0.4, 0.5) is 0 Å². The fourth-order valence-corrected chi connectivity index (χ4v) is 2.80. The molecule has 0 unspecified atom stereocenters. The summed E-state index contributed by atoms with van der Waals surface area (Å²) in [4.78, 5) is 10.8. The van der Waals surface area contributed by atoms with Gasteiger partial charge in [-0.3, -0.25) is 4.79 Å². The van der Waals surface area contributed by atoms with Gasteiger partial charge in [-0.05, 0) is 36.4 Å². The lowest BCUT2D eigenvalue weighted by molar-refractivity contribution is 0.112. The van der Waals surface area contributed by atoms with Crippen LogP contribution in [0.1, 0.15) is 15.9 Å². The smallest absolute Gasteiger partial charge is 0.150 e. The molecule has 3 rings (SSSR count). The van der Waals surface area contributed by atoms with Crippen molar-refractivity contribution in [3.63, 3.8) is 0 Å². The van der Waals surface area contributed by atoms with Gasteiger partial charge in [-0.15, -0.1) is 0 Å². The third kappa shape index (κ3) is 2.33. The molecule has 0 N–H and O–H groups in total. The van der Waals surface area contributed by atoms with E-state index >= 15 is 0 Å². The SMILES string of the molecule is O=Cc1ccc2c(ccn2Cc2c(Cl)cccc2Cl)c1. The molecule has 0 spiro atoms. The maximum absolute atomic E-state index is 10.8. The molecule has 0 saturated heterocycles. The quantitative estimate of drug-likeness (QED) is 0.636. The van der Waals surface area contributed by atoms with Crippen molar-refractivity contribution >= 4 is 40.4 Å². The van der Waals surface area contributed by atoms with Crippen LogP contribution in [0, 0.1) is 0 Å². The summed E-state index contributed by atoms with van der Waals surface area (Å²) in [5.41, 5.74) is 2.62. The minimum atomic E-state index is 0.600. The van der Waals surface area contributed by atoms with E-state index in [1.54, 1.807) is 6.07 Å². The Bertz CT molecular complexity index is 772. The van der Waals surface area contributed by atoms with Gasteiger partial charge in [-0.2, -0.15) is 0 Å². The third-order valence-corrected chi connectivity index (χ3v) is 4.03. The van der Waals surface area contributed by atoms with Crippen molar-refractivity contribution in [3.8, 4) is 0 Å². The highest BCUT2D eigenvalue weighted by molar-refractivity contribution is 6.36. The van der Waals surface area contributed by atoms with E-state index in [-0.39, 0.29) is 0 Å². The maximum Gasteiger partial charge on any atom is 0.150 e. The normalized spacial score (nSPS) is 10.9. The number of aldehydes is 1. The van der Waals surface area contributed by atoms with E-state index in [1.807, 2.05) is 42.6 Å². The molecule has 1 aromatic heterocycles. The van der Waals surface area contributed by atoms with Crippen LogP contribution < -0.4 is 0 Å². The number of carbonyl (C=O) groups excluding carboxylic acids is 1. The van der Waals surface area contributed by atoms with Crippen molar-refractivity contribution in [3.05, 3.63) is 69.8 Å². The van der Waals surface area contributed by atoms with Crippen molar-refractivity contribution in [2.45, 2.75) is 6.54 Å². The second-order valence-corrected chi connectivity index (χ2v) is 5.39. The molecule has 3 aromatic rings. The van der Waals surface area contributed by atoms with Crippen LogP contribution in [0.5, 0.6) is 0 Å². The van der Waals surface area contributed by atoms with Crippen LogP contribution in [-0.2, 0) is 6.54 Å². The van der Waals surface area contributed by atoms with E-state index in [2.05, 4.69) is 4.57 Å². The molecule has 0 atom stereocenters. The van der Waals surface area contributed by atoms with E-state index in [0.717, 1.165) is 22.8 Å². The first kappa shape index (κ1) is 13.2. The Kier molecular flexibility index (Phi) is 3.51. The van der Waals surface area contributed by atoms with Gasteiger partial charge in [0.05, 0.1) is 6.54 Å². The average Bonchev–Trinajstić information content (AvgIpc) is 2.85. The molecular formula is C16H11Cl2NO. The van der Waals surface area contributed by atoms with Gasteiger partial charge in [0.25, 0.3) is 0 Å². The Hall–Kier alpha value is -1.77. The highest BCUT2D eigenvalue weighted by Crippen LogP contribution is 2.27. The highest BCUT2D eigenvalue weighted by atomic mass is 35.5. The summed E-state index contributed by atoms with van der Waals surface area (Å²) in [5.74, 6) is 0. The molecule has 100 valence electrons. The summed E-state index contributed by atoms with van der Waals surface area (Å²) in [6, 6.07) is 13.1. The summed E-state index contributed by atoms with van der Waals surface area (Å²) < 4.78 is 2.07. The zero-order valence-corrected chi connectivity index (χ0v) is 12.0. The minimum absolute atomic E-state index is 0.600. The number of benzene rings is 2. The summed E-state index contributed by atoms with van der Waals surface area (Å²) in [6.07, 6.45) is 2.82. The van der Waals surface area contributed by atoms with Crippen LogP contribution in [0.3, 0.4) is 0 Å². The lowest BCUT2D eigenvalue weighted by Gasteiger charge is -2.09. The molecule has 0 radical (unpaired) electrons. The van der Waals surface area contributed by atoms with Gasteiger partial charge in [-0.25, -0.2) is 0 Å². The van der Waals surface area contributed by atoms with E-state index in [1.165, 1.54) is 0 Å². The Labute approximate surface area is 126 Å². The number of carbonyl (C=O) groups is 1. The molecule has 0 aliphatic heterocycles. The number of rotatable bonds is 3. The number of aromatic nitrogens is 1. The van der Waals surface area contributed by atoms with Gasteiger partial charge in [0.1, 0.15) is 6.29 Å². The Morgan fingerprint density at radius 2 is 1.80 bits per heavy atom. The molecule has 4 heteroatoms. The second kappa shape index (κ2) is 5.31. The number of halogens is 2. The zero-order valence-electron chi connectivity index (χ0n) is 10.5. The minimum Gasteiger partial charge on any atom is -0.343 e. The van der Waals surface area contributed by atoms with Crippen molar-refractivity contribution in [1.29, 1.82) is 0 Å². The van der Waals surface area contributed by atoms with Gasteiger partial charge in [0.15, 0.2) is 0 Å². The van der Waals surface area contributed by atoms with Crippen LogP contribution in [0.25, 0.3) is 10.9 Å². The fourth-order valence-electron chi connectivity index (χ4n) is 2.28. The van der Waals surface area contributed by atoms with Gasteiger partial charge >= 0.3 is 0 Å². The van der Waals surface area contributed by atoms with Crippen molar-refractivity contribution in [1.82, 2.24) is 4.57 Å². The van der Waals surface area contributed by atoms with E-state index in [4.69, 9.17) is 23.2 Å². The van der Waals surface area contributed by atoms with Gasteiger partial charge < -0.3 is 4.57 Å². The van der Waals surface area contributed by atoms with Crippen LogP contribution >= 0.6 is 23.2 Å². The molecule has 2 nitrogen and oxygen atoms in total. The van der Waals surface area contributed by atoms with E-state index in [9.17, 15) is 4.79 Å². The summed E-state index contributed by atoms with van der Waals surface area (Å²) in [6.45, 7) is 0.600. The Morgan fingerprint density at radius 1 is 1.05 bits per heavy atom. The molecule has 0 saturated carbocycles. The molecule has 0 aliphatic carbocycles. The predicted octanol–water partition coefficient (Wildman–Crippen LogP) is 4.81. The monoisotopic (exact) mass is 303 g/mol. The molecular weight excluding hydrogens is 293 g/mol. The van der Waals surface area contributed by atoms with E-state index in [0.29, 0.717) is 22.2 Å². The Morgan fingerprint density at radius 3 is 2.50 bits per heavy atom. The molecule has 0 fully saturated rings. The lowest BCUT2D eigenvalue weighted by atomic mass is 10.2. The summed E-state index contributed by atoms with van der Waals surface area (Å²) in [7, 11) is 0. The number of hydrogen-bond donors (Lipinski definition) is 0. The van der Waals surface area contributed by atoms with Crippen molar-refractivity contribution in [2.24, 2.45) is 0 Å². The third-order valence-electron chi connectivity index (χ3n) is 3.32. The van der Waals surface area contributed by atoms with Crippen LogP contribution in [0.2, 0.25) is 10.0 Å². The number of fused-ring (bicyclic) bond motifs is 1. The molecule has 0 amide bonds. The maximum atomic E-state index is 10.8. The summed E-state index contributed by atoms with van der Waals surface area (Å²) in [5, 5.41) is 2.34. The first-order valence-electron chi connectivity index (χ1n) is 6.16. The van der Waals surface area contributed by atoms with Gasteiger partial charge in [0.2, 0.25) is 0 Å². The lowest BCUT2D eigenvalue weighted by Crippen LogP contribution is -1.99.